The Morgan fingerprint density at radius 2 is 2.05 bits per heavy atom. The Bertz CT molecular complexity index is 576. The van der Waals surface area contributed by atoms with Crippen LogP contribution in [0.25, 0.3) is 0 Å². The summed E-state index contributed by atoms with van der Waals surface area (Å²) in [5.41, 5.74) is 6.86. The zero-order chi connectivity index (χ0) is 15.0. The molecule has 0 amide bonds. The van der Waals surface area contributed by atoms with Crippen molar-refractivity contribution in [3.8, 4) is 0 Å². The number of hydrogen-bond acceptors (Lipinski definition) is 4. The van der Waals surface area contributed by atoms with Crippen LogP contribution in [0.4, 0.5) is 0 Å². The fourth-order valence-electron chi connectivity index (χ4n) is 2.58. The molecule has 0 unspecified atom stereocenters. The van der Waals surface area contributed by atoms with Gasteiger partial charge in [-0.15, -0.1) is 11.3 Å². The van der Waals surface area contributed by atoms with Crippen molar-refractivity contribution in [1.29, 1.82) is 0 Å². The highest BCUT2D eigenvalue weighted by atomic mass is 32.2. The molecule has 1 aliphatic heterocycles. The Morgan fingerprint density at radius 1 is 1.35 bits per heavy atom. The molecule has 0 saturated carbocycles. The van der Waals surface area contributed by atoms with Crippen molar-refractivity contribution in [1.82, 2.24) is 4.31 Å². The molecule has 0 atom stereocenters. The van der Waals surface area contributed by atoms with Crippen molar-refractivity contribution in [2.24, 2.45) is 11.1 Å². The van der Waals surface area contributed by atoms with E-state index in [-0.39, 0.29) is 5.41 Å². The second-order valence-corrected chi connectivity index (χ2v) is 9.60. The molecule has 2 heterocycles. The Labute approximate surface area is 126 Å². The molecule has 0 radical (unpaired) electrons. The highest BCUT2D eigenvalue weighted by Gasteiger charge is 2.31. The maximum atomic E-state index is 12.7. The van der Waals surface area contributed by atoms with Gasteiger partial charge in [0.2, 0.25) is 0 Å². The number of nitrogens with two attached hydrogens (primary N) is 1. The molecule has 1 saturated heterocycles. The monoisotopic (exact) mass is 316 g/mol. The summed E-state index contributed by atoms with van der Waals surface area (Å²) in [6, 6.07) is 1.76. The Kier molecular flexibility index (Phi) is 4.59. The second-order valence-electron chi connectivity index (χ2n) is 6.30. The molecule has 1 aliphatic rings. The van der Waals surface area contributed by atoms with Crippen molar-refractivity contribution in [3.63, 3.8) is 0 Å². The van der Waals surface area contributed by atoms with Crippen LogP contribution in [0.2, 0.25) is 0 Å². The van der Waals surface area contributed by atoms with Crippen LogP contribution in [0.3, 0.4) is 0 Å². The molecular weight excluding hydrogens is 292 g/mol. The number of hydrogen-bond donors (Lipinski definition) is 1. The van der Waals surface area contributed by atoms with E-state index >= 15 is 0 Å². The SMILES string of the molecule is Cc1cc(S(=O)(=O)N2CCCC(C)(C)CC2)sc1CN. The van der Waals surface area contributed by atoms with Crippen molar-refractivity contribution < 1.29 is 8.42 Å². The van der Waals surface area contributed by atoms with Crippen LogP contribution in [0, 0.1) is 12.3 Å². The van der Waals surface area contributed by atoms with Gasteiger partial charge < -0.3 is 5.73 Å². The lowest BCUT2D eigenvalue weighted by molar-refractivity contribution is 0.315. The predicted molar refractivity (Wildman–Crippen MR) is 83.3 cm³/mol. The first-order valence-corrected chi connectivity index (χ1v) is 9.31. The minimum absolute atomic E-state index is 0.234. The van der Waals surface area contributed by atoms with Crippen molar-refractivity contribution in [2.45, 2.75) is 50.8 Å². The third kappa shape index (κ3) is 3.24. The number of thiophene rings is 1. The van der Waals surface area contributed by atoms with E-state index in [0.717, 1.165) is 29.7 Å². The summed E-state index contributed by atoms with van der Waals surface area (Å²) in [7, 11) is -3.35. The topological polar surface area (TPSA) is 63.4 Å². The third-order valence-corrected chi connectivity index (χ3v) is 7.68. The van der Waals surface area contributed by atoms with Crippen LogP contribution < -0.4 is 5.73 Å². The first-order chi connectivity index (χ1) is 9.26. The van der Waals surface area contributed by atoms with Gasteiger partial charge in [-0.05, 0) is 43.2 Å². The van der Waals surface area contributed by atoms with Gasteiger partial charge in [0, 0.05) is 24.5 Å². The minimum Gasteiger partial charge on any atom is -0.326 e. The molecule has 1 aromatic rings. The average molecular weight is 316 g/mol. The summed E-state index contributed by atoms with van der Waals surface area (Å²) in [5.74, 6) is 0. The van der Waals surface area contributed by atoms with Gasteiger partial charge in [0.05, 0.1) is 0 Å². The van der Waals surface area contributed by atoms with Gasteiger partial charge in [0.25, 0.3) is 10.0 Å². The van der Waals surface area contributed by atoms with E-state index in [9.17, 15) is 8.42 Å². The second kappa shape index (κ2) is 5.75. The molecule has 1 aromatic heterocycles. The highest BCUT2D eigenvalue weighted by molar-refractivity contribution is 7.91. The van der Waals surface area contributed by atoms with E-state index in [1.165, 1.54) is 11.3 Å². The van der Waals surface area contributed by atoms with Gasteiger partial charge in [-0.25, -0.2) is 8.42 Å². The van der Waals surface area contributed by atoms with E-state index in [0.29, 0.717) is 23.8 Å². The molecule has 4 nitrogen and oxygen atoms in total. The number of rotatable bonds is 3. The van der Waals surface area contributed by atoms with Gasteiger partial charge in [0.15, 0.2) is 0 Å². The Balaban J connectivity index is 2.25. The van der Waals surface area contributed by atoms with Crippen LogP contribution in [-0.2, 0) is 16.6 Å². The van der Waals surface area contributed by atoms with Crippen molar-refractivity contribution >= 4 is 21.4 Å². The van der Waals surface area contributed by atoms with Gasteiger partial charge in [-0.2, -0.15) is 4.31 Å². The van der Waals surface area contributed by atoms with Crippen LogP contribution in [0.15, 0.2) is 10.3 Å². The van der Waals surface area contributed by atoms with E-state index < -0.39 is 10.0 Å². The van der Waals surface area contributed by atoms with Gasteiger partial charge in [-0.3, -0.25) is 0 Å². The first-order valence-electron chi connectivity index (χ1n) is 7.06. The molecule has 0 spiro atoms. The highest BCUT2D eigenvalue weighted by Crippen LogP contribution is 2.34. The molecule has 6 heteroatoms. The summed E-state index contributed by atoms with van der Waals surface area (Å²) in [4.78, 5) is 0.957. The molecular formula is C14H24N2O2S2. The lowest BCUT2D eigenvalue weighted by atomic mass is 9.85. The Hall–Kier alpha value is -0.430. The van der Waals surface area contributed by atoms with E-state index in [1.54, 1.807) is 10.4 Å². The van der Waals surface area contributed by atoms with Crippen LogP contribution in [0.1, 0.15) is 43.6 Å². The number of sulfonamides is 1. The molecule has 0 bridgehead atoms. The molecule has 0 aliphatic carbocycles. The predicted octanol–water partition coefficient (Wildman–Crippen LogP) is 2.72. The number of nitrogens with zero attached hydrogens (tertiary/aromatic N) is 1. The lowest BCUT2D eigenvalue weighted by Crippen LogP contribution is -2.32. The standard InChI is InChI=1S/C14H24N2O2S2/c1-11-9-13(19-12(11)10-15)20(17,18)16-7-4-5-14(2,3)6-8-16/h9H,4-8,10,15H2,1-3H3. The Morgan fingerprint density at radius 3 is 2.65 bits per heavy atom. The van der Waals surface area contributed by atoms with Crippen molar-refractivity contribution in [2.75, 3.05) is 13.1 Å². The largest absolute Gasteiger partial charge is 0.326 e. The van der Waals surface area contributed by atoms with E-state index in [1.807, 2.05) is 6.92 Å². The van der Waals surface area contributed by atoms with Gasteiger partial charge in [-0.1, -0.05) is 13.8 Å². The smallest absolute Gasteiger partial charge is 0.252 e. The maximum absolute atomic E-state index is 12.7. The summed E-state index contributed by atoms with van der Waals surface area (Å²) in [6.07, 6.45) is 2.93. The zero-order valence-electron chi connectivity index (χ0n) is 12.5. The van der Waals surface area contributed by atoms with Gasteiger partial charge >= 0.3 is 0 Å². The average Bonchev–Trinajstić information content (AvgIpc) is 2.64. The summed E-state index contributed by atoms with van der Waals surface area (Å²) >= 11 is 1.31. The molecule has 114 valence electrons. The van der Waals surface area contributed by atoms with Gasteiger partial charge in [0.1, 0.15) is 4.21 Å². The molecule has 0 aromatic carbocycles. The van der Waals surface area contributed by atoms with Crippen LogP contribution in [-0.4, -0.2) is 25.8 Å². The lowest BCUT2D eigenvalue weighted by Gasteiger charge is -2.22. The van der Waals surface area contributed by atoms with Crippen LogP contribution in [0.5, 0.6) is 0 Å². The fourth-order valence-corrected chi connectivity index (χ4v) is 5.69. The zero-order valence-corrected chi connectivity index (χ0v) is 14.1. The quantitative estimate of drug-likeness (QED) is 0.932. The summed E-state index contributed by atoms with van der Waals surface area (Å²) in [6.45, 7) is 7.99. The molecule has 1 fully saturated rings. The van der Waals surface area contributed by atoms with E-state index in [2.05, 4.69) is 13.8 Å². The molecule has 2 rings (SSSR count). The molecule has 2 N–H and O–H groups in total. The summed E-state index contributed by atoms with van der Waals surface area (Å²) in [5, 5.41) is 0. The van der Waals surface area contributed by atoms with Crippen LogP contribution >= 0.6 is 11.3 Å². The molecule has 20 heavy (non-hydrogen) atoms. The fraction of sp³-hybridized carbons (Fsp3) is 0.714. The number of aryl methyl sites for hydroxylation is 1. The first kappa shape index (κ1) is 15.9. The maximum Gasteiger partial charge on any atom is 0.252 e. The minimum atomic E-state index is -3.35. The summed E-state index contributed by atoms with van der Waals surface area (Å²) < 4.78 is 27.5. The van der Waals surface area contributed by atoms with Crippen molar-refractivity contribution in [3.05, 3.63) is 16.5 Å². The third-order valence-electron chi connectivity index (χ3n) is 4.08. The normalized spacial score (nSPS) is 20.8. The van der Waals surface area contributed by atoms with E-state index in [4.69, 9.17) is 5.73 Å².